The molecule has 0 N–H and O–H groups in total. The smallest absolute Gasteiger partial charge is 0.212 e. The number of carbonyl (C=O) groups excluding carboxylic acids is 1. The van der Waals surface area contributed by atoms with E-state index in [0.29, 0.717) is 5.56 Å². The lowest BCUT2D eigenvalue weighted by Crippen LogP contribution is -2.21. The number of benzene rings is 2. The van der Waals surface area contributed by atoms with Gasteiger partial charge in [0.1, 0.15) is 16.2 Å². The Balaban J connectivity index is 2.19. The van der Waals surface area contributed by atoms with Gasteiger partial charge in [0, 0.05) is 5.56 Å². The van der Waals surface area contributed by atoms with Gasteiger partial charge in [0.2, 0.25) is 5.78 Å². The molecule has 0 bridgehead atoms. The van der Waals surface area contributed by atoms with Crippen molar-refractivity contribution in [1.29, 1.82) is 0 Å². The van der Waals surface area contributed by atoms with E-state index in [-0.39, 0.29) is 11.5 Å². The van der Waals surface area contributed by atoms with Crippen molar-refractivity contribution in [2.24, 2.45) is 0 Å². The van der Waals surface area contributed by atoms with Gasteiger partial charge < -0.3 is 0 Å². The summed E-state index contributed by atoms with van der Waals surface area (Å²) in [6.07, 6.45) is 1.64. The maximum atomic E-state index is 12.6. The molecule has 2 nitrogen and oxygen atoms in total. The Bertz CT molecular complexity index is 576. The molecule has 3 heteroatoms. The first-order chi connectivity index (χ1) is 8.59. The minimum atomic E-state index is -2.31. The molecule has 0 aliphatic rings. The van der Waals surface area contributed by atoms with Crippen LogP contribution in [0.4, 0.5) is 0 Å². The van der Waals surface area contributed by atoms with Gasteiger partial charge in [-0.2, -0.15) is 0 Å². The molecule has 0 heterocycles. The highest BCUT2D eigenvalue weighted by molar-refractivity contribution is 8.03. The van der Waals surface area contributed by atoms with Gasteiger partial charge in [-0.15, -0.1) is 0 Å². The highest BCUT2D eigenvalue weighted by atomic mass is 32.2. The summed E-state index contributed by atoms with van der Waals surface area (Å²) in [5.74, 6) is -0.0203. The van der Waals surface area contributed by atoms with Gasteiger partial charge in [0.15, 0.2) is 10.6 Å². The van der Waals surface area contributed by atoms with Gasteiger partial charge in [-0.3, -0.25) is 4.79 Å². The van der Waals surface area contributed by atoms with E-state index in [1.807, 2.05) is 36.4 Å². The van der Waals surface area contributed by atoms with Crippen LogP contribution >= 0.6 is 0 Å². The van der Waals surface area contributed by atoms with Crippen LogP contribution in [-0.2, 0) is 14.1 Å². The second-order valence-corrected chi connectivity index (χ2v) is 7.02. The second kappa shape index (κ2) is 5.27. The number of hydrogen-bond acceptors (Lipinski definition) is 2. The Morgan fingerprint density at radius 1 is 0.944 bits per heavy atom. The minimum Gasteiger partial charge on any atom is -0.289 e. The van der Waals surface area contributed by atoms with Gasteiger partial charge in [-0.05, 0) is 12.1 Å². The highest BCUT2D eigenvalue weighted by Crippen LogP contribution is 2.18. The van der Waals surface area contributed by atoms with E-state index in [4.69, 9.17) is 0 Å². The van der Waals surface area contributed by atoms with Gasteiger partial charge in [0.25, 0.3) is 0 Å². The van der Waals surface area contributed by atoms with E-state index in [1.54, 1.807) is 30.5 Å². The zero-order chi connectivity index (χ0) is 13.0. The summed E-state index contributed by atoms with van der Waals surface area (Å²) in [5.41, 5.74) is 0.614. The number of Topliss-reactive ketones (excluding diaryl/α,β-unsaturated/α-hetero) is 1. The normalized spacial score (nSPS) is 13.8. The predicted molar refractivity (Wildman–Crippen MR) is 74.3 cm³/mol. The summed E-state index contributed by atoms with van der Waals surface area (Å²) in [5, 5.41) is 0. The Morgan fingerprint density at radius 3 is 2.00 bits per heavy atom. The van der Waals surface area contributed by atoms with Crippen molar-refractivity contribution < 1.29 is 9.00 Å². The summed E-state index contributed by atoms with van der Waals surface area (Å²) in [6.45, 7) is 0. The molecule has 92 valence electrons. The lowest BCUT2D eigenvalue weighted by Gasteiger charge is -2.06. The zero-order valence-electron chi connectivity index (χ0n) is 10.2. The van der Waals surface area contributed by atoms with Crippen molar-refractivity contribution in [1.82, 2.24) is 0 Å². The van der Waals surface area contributed by atoms with Crippen LogP contribution in [0.5, 0.6) is 0 Å². The van der Waals surface area contributed by atoms with Crippen molar-refractivity contribution in [2.75, 3.05) is 12.0 Å². The molecule has 0 aliphatic carbocycles. The average molecular weight is 259 g/mol. The van der Waals surface area contributed by atoms with Gasteiger partial charge >= 0.3 is 0 Å². The molecular weight excluding hydrogens is 244 g/mol. The van der Waals surface area contributed by atoms with Crippen LogP contribution in [0.1, 0.15) is 10.4 Å². The van der Waals surface area contributed by atoms with E-state index in [2.05, 4.69) is 0 Å². The fourth-order valence-electron chi connectivity index (χ4n) is 1.75. The van der Waals surface area contributed by atoms with Gasteiger partial charge in [-0.1, -0.05) is 52.7 Å². The van der Waals surface area contributed by atoms with E-state index in [1.165, 1.54) is 0 Å². The molecule has 0 spiro atoms. The maximum Gasteiger partial charge on any atom is 0.212 e. The molecule has 0 fully saturated rings. The number of hydrogen-bond donors (Lipinski definition) is 0. The SMILES string of the molecule is C[S+](=O)(CC(=O)c1ccccc1)c1ccccc1. The van der Waals surface area contributed by atoms with Crippen molar-refractivity contribution in [3.8, 4) is 0 Å². The van der Waals surface area contributed by atoms with E-state index in [0.717, 1.165) is 4.90 Å². The van der Waals surface area contributed by atoms with Crippen molar-refractivity contribution in [3.05, 3.63) is 66.2 Å². The van der Waals surface area contributed by atoms with Crippen molar-refractivity contribution in [2.45, 2.75) is 4.90 Å². The molecule has 0 amide bonds. The van der Waals surface area contributed by atoms with Crippen LogP contribution < -0.4 is 0 Å². The molecular formula is C15H15O2S+. The lowest BCUT2D eigenvalue weighted by molar-refractivity contribution is 0.102. The third kappa shape index (κ3) is 2.93. The summed E-state index contributed by atoms with van der Waals surface area (Å²) in [6, 6.07) is 18.2. The molecule has 2 rings (SSSR count). The molecule has 0 saturated heterocycles. The van der Waals surface area contributed by atoms with E-state index in [9.17, 15) is 9.00 Å². The molecule has 18 heavy (non-hydrogen) atoms. The predicted octanol–water partition coefficient (Wildman–Crippen LogP) is 3.06. The first kappa shape index (κ1) is 12.7. The molecule has 0 aliphatic heterocycles. The summed E-state index contributed by atoms with van der Waals surface area (Å²) in [4.78, 5) is 12.8. The Labute approximate surface area is 108 Å². The number of ketones is 1. The number of rotatable bonds is 4. The number of carbonyl (C=O) groups is 1. The standard InChI is InChI=1S/C15H15O2S/c1-18(17,14-10-6-3-7-11-14)12-15(16)13-8-4-2-5-9-13/h2-11H,12H2,1H3/q+1. The van der Waals surface area contributed by atoms with Crippen LogP contribution in [-0.4, -0.2) is 17.8 Å². The summed E-state index contributed by atoms with van der Waals surface area (Å²) < 4.78 is 12.6. The summed E-state index contributed by atoms with van der Waals surface area (Å²) >= 11 is 0. The molecule has 1 unspecified atom stereocenters. The molecule has 0 aromatic heterocycles. The lowest BCUT2D eigenvalue weighted by atomic mass is 10.2. The summed E-state index contributed by atoms with van der Waals surface area (Å²) in [7, 11) is -2.31. The zero-order valence-corrected chi connectivity index (χ0v) is 11.0. The van der Waals surface area contributed by atoms with Crippen LogP contribution in [0.15, 0.2) is 65.6 Å². The van der Waals surface area contributed by atoms with E-state index >= 15 is 0 Å². The average Bonchev–Trinajstić information content (AvgIpc) is 2.40. The molecule has 0 radical (unpaired) electrons. The van der Waals surface area contributed by atoms with Crippen molar-refractivity contribution >= 4 is 15.7 Å². The largest absolute Gasteiger partial charge is 0.289 e. The maximum absolute atomic E-state index is 12.6. The van der Waals surface area contributed by atoms with Crippen LogP contribution in [0.25, 0.3) is 0 Å². The molecule has 0 saturated carbocycles. The van der Waals surface area contributed by atoms with Gasteiger partial charge in [0.05, 0.1) is 0 Å². The first-order valence-electron chi connectivity index (χ1n) is 5.70. The quantitative estimate of drug-likeness (QED) is 0.624. The van der Waals surface area contributed by atoms with Gasteiger partial charge in [-0.25, -0.2) is 0 Å². The minimum absolute atomic E-state index is 0.0566. The second-order valence-electron chi connectivity index (χ2n) is 4.25. The van der Waals surface area contributed by atoms with Crippen molar-refractivity contribution in [3.63, 3.8) is 0 Å². The van der Waals surface area contributed by atoms with Crippen LogP contribution in [0.3, 0.4) is 0 Å². The first-order valence-corrected chi connectivity index (χ1v) is 7.83. The molecule has 2 aromatic rings. The highest BCUT2D eigenvalue weighted by Gasteiger charge is 2.28. The molecule has 1 atom stereocenters. The molecule has 2 aromatic carbocycles. The third-order valence-corrected chi connectivity index (χ3v) is 4.83. The Kier molecular flexibility index (Phi) is 3.72. The van der Waals surface area contributed by atoms with Crippen LogP contribution in [0, 0.1) is 0 Å². The Hall–Kier alpha value is -1.74. The fraction of sp³-hybridized carbons (Fsp3) is 0.133. The fourth-order valence-corrected chi connectivity index (χ4v) is 3.32. The third-order valence-electron chi connectivity index (χ3n) is 2.74. The topological polar surface area (TPSA) is 34.1 Å². The van der Waals surface area contributed by atoms with Crippen LogP contribution in [0.2, 0.25) is 0 Å². The monoisotopic (exact) mass is 259 g/mol. The Morgan fingerprint density at radius 2 is 1.44 bits per heavy atom. The van der Waals surface area contributed by atoms with E-state index < -0.39 is 9.93 Å².